The predicted octanol–water partition coefficient (Wildman–Crippen LogP) is 3.65. The highest BCUT2D eigenvalue weighted by molar-refractivity contribution is 5.95. The van der Waals surface area contributed by atoms with Crippen molar-refractivity contribution in [1.29, 1.82) is 0 Å². The minimum Gasteiger partial charge on any atom is -0.399 e. The summed E-state index contributed by atoms with van der Waals surface area (Å²) < 4.78 is 0. The van der Waals surface area contributed by atoms with Crippen LogP contribution in [-0.4, -0.2) is 30.3 Å². The van der Waals surface area contributed by atoms with Gasteiger partial charge in [0.05, 0.1) is 6.54 Å². The fourth-order valence-corrected chi connectivity index (χ4v) is 3.05. The van der Waals surface area contributed by atoms with Gasteiger partial charge in [-0.3, -0.25) is 9.59 Å². The fraction of sp³-hybridized carbons (Fsp3) is 0.333. The Morgan fingerprint density at radius 1 is 1.07 bits per heavy atom. The van der Waals surface area contributed by atoms with E-state index >= 15 is 0 Å². The van der Waals surface area contributed by atoms with E-state index < -0.39 is 0 Å². The SMILES string of the molecule is Cc1cc(C)c(NC(=O)CN(C)C(=O)CCc2ccccc2N)c(C)c1.Cl. The largest absolute Gasteiger partial charge is 0.399 e. The van der Waals surface area contributed by atoms with Crippen LogP contribution in [0.15, 0.2) is 36.4 Å². The van der Waals surface area contributed by atoms with Gasteiger partial charge >= 0.3 is 0 Å². The van der Waals surface area contributed by atoms with E-state index in [1.54, 1.807) is 7.05 Å². The molecule has 0 bridgehead atoms. The normalized spacial score (nSPS) is 10.1. The average Bonchev–Trinajstić information content (AvgIpc) is 2.57. The number of likely N-dealkylation sites (N-methyl/N-ethyl adjacent to an activating group) is 1. The van der Waals surface area contributed by atoms with Gasteiger partial charge in [0.25, 0.3) is 0 Å². The Morgan fingerprint density at radius 3 is 2.26 bits per heavy atom. The van der Waals surface area contributed by atoms with E-state index in [0.717, 1.165) is 27.9 Å². The van der Waals surface area contributed by atoms with Crippen LogP contribution in [0.25, 0.3) is 0 Å². The number of amides is 2. The summed E-state index contributed by atoms with van der Waals surface area (Å²) in [5.41, 5.74) is 11.5. The van der Waals surface area contributed by atoms with Crippen LogP contribution < -0.4 is 11.1 Å². The van der Waals surface area contributed by atoms with Crippen molar-refractivity contribution in [3.05, 3.63) is 58.7 Å². The number of nitrogens with one attached hydrogen (secondary N) is 1. The van der Waals surface area contributed by atoms with E-state index in [1.807, 2.05) is 57.2 Å². The number of nitrogen functional groups attached to an aromatic ring is 1. The van der Waals surface area contributed by atoms with Crippen LogP contribution in [-0.2, 0) is 16.0 Å². The minimum absolute atomic E-state index is 0. The Kier molecular flexibility index (Phi) is 8.32. The third kappa shape index (κ3) is 6.29. The van der Waals surface area contributed by atoms with Crippen LogP contribution >= 0.6 is 12.4 Å². The number of carbonyl (C=O) groups excluding carboxylic acids is 2. The molecule has 2 rings (SSSR count). The molecular formula is C21H28ClN3O2. The Balaban J connectivity index is 0.00000364. The number of carbonyl (C=O) groups is 2. The molecule has 0 radical (unpaired) electrons. The molecule has 2 aromatic carbocycles. The first-order valence-electron chi connectivity index (χ1n) is 8.73. The van der Waals surface area contributed by atoms with E-state index in [9.17, 15) is 9.59 Å². The van der Waals surface area contributed by atoms with Crippen molar-refractivity contribution >= 4 is 35.6 Å². The van der Waals surface area contributed by atoms with Crippen LogP contribution in [0.2, 0.25) is 0 Å². The molecule has 0 aliphatic heterocycles. The first-order valence-corrected chi connectivity index (χ1v) is 8.73. The first-order chi connectivity index (χ1) is 12.3. The predicted molar refractivity (Wildman–Crippen MR) is 113 cm³/mol. The number of aryl methyl sites for hydroxylation is 4. The van der Waals surface area contributed by atoms with Gasteiger partial charge in [0.15, 0.2) is 0 Å². The second kappa shape index (κ2) is 9.97. The zero-order valence-corrected chi connectivity index (χ0v) is 17.2. The van der Waals surface area contributed by atoms with Gasteiger partial charge in [0.1, 0.15) is 0 Å². The molecular weight excluding hydrogens is 362 g/mol. The molecule has 6 heteroatoms. The lowest BCUT2D eigenvalue weighted by Crippen LogP contribution is -2.35. The number of anilines is 2. The first kappa shape index (κ1) is 22.5. The van der Waals surface area contributed by atoms with Gasteiger partial charge in [0.2, 0.25) is 11.8 Å². The summed E-state index contributed by atoms with van der Waals surface area (Å²) in [6.45, 7) is 5.98. The second-order valence-electron chi connectivity index (χ2n) is 6.77. The maximum absolute atomic E-state index is 12.3. The Bertz CT molecular complexity index is 798. The maximum Gasteiger partial charge on any atom is 0.243 e. The van der Waals surface area contributed by atoms with E-state index in [-0.39, 0.29) is 30.8 Å². The molecule has 0 unspecified atom stereocenters. The summed E-state index contributed by atoms with van der Waals surface area (Å²) >= 11 is 0. The lowest BCUT2D eigenvalue weighted by molar-refractivity contribution is -0.133. The van der Waals surface area contributed by atoms with Crippen molar-refractivity contribution in [3.63, 3.8) is 0 Å². The van der Waals surface area contributed by atoms with Crippen LogP contribution in [0.3, 0.4) is 0 Å². The summed E-state index contributed by atoms with van der Waals surface area (Å²) in [6, 6.07) is 11.6. The summed E-state index contributed by atoms with van der Waals surface area (Å²) in [6.07, 6.45) is 0.883. The van der Waals surface area contributed by atoms with Gasteiger partial charge in [-0.15, -0.1) is 12.4 Å². The van der Waals surface area contributed by atoms with E-state index in [0.29, 0.717) is 18.5 Å². The van der Waals surface area contributed by atoms with Crippen molar-refractivity contribution in [2.75, 3.05) is 24.6 Å². The number of benzene rings is 2. The Hall–Kier alpha value is -2.53. The van der Waals surface area contributed by atoms with Gasteiger partial charge < -0.3 is 16.0 Å². The number of nitrogens with zero attached hydrogens (tertiary/aromatic N) is 1. The van der Waals surface area contributed by atoms with Crippen LogP contribution in [0.5, 0.6) is 0 Å². The van der Waals surface area contributed by atoms with Gasteiger partial charge in [-0.25, -0.2) is 0 Å². The Morgan fingerprint density at radius 2 is 1.67 bits per heavy atom. The van der Waals surface area contributed by atoms with Crippen molar-refractivity contribution < 1.29 is 9.59 Å². The number of rotatable bonds is 6. The molecule has 0 saturated carbocycles. The van der Waals surface area contributed by atoms with Crippen molar-refractivity contribution in [1.82, 2.24) is 4.90 Å². The number of hydrogen-bond acceptors (Lipinski definition) is 3. The Labute approximate surface area is 167 Å². The third-order valence-corrected chi connectivity index (χ3v) is 4.41. The average molecular weight is 390 g/mol. The monoisotopic (exact) mass is 389 g/mol. The van der Waals surface area contributed by atoms with Crippen LogP contribution in [0.4, 0.5) is 11.4 Å². The lowest BCUT2D eigenvalue weighted by atomic mass is 10.1. The van der Waals surface area contributed by atoms with Gasteiger partial charge in [-0.2, -0.15) is 0 Å². The summed E-state index contributed by atoms with van der Waals surface area (Å²) in [4.78, 5) is 26.1. The zero-order chi connectivity index (χ0) is 19.3. The molecule has 2 aromatic rings. The van der Waals surface area contributed by atoms with Gasteiger partial charge in [0, 0.05) is 24.8 Å². The topological polar surface area (TPSA) is 75.4 Å². The minimum atomic E-state index is -0.199. The van der Waals surface area contributed by atoms with Crippen molar-refractivity contribution in [3.8, 4) is 0 Å². The van der Waals surface area contributed by atoms with Crippen LogP contribution in [0.1, 0.15) is 28.7 Å². The fourth-order valence-electron chi connectivity index (χ4n) is 3.05. The number of halogens is 1. The van der Waals surface area contributed by atoms with Crippen LogP contribution in [0, 0.1) is 20.8 Å². The number of para-hydroxylation sites is 1. The van der Waals surface area contributed by atoms with Gasteiger partial charge in [-0.1, -0.05) is 35.9 Å². The number of hydrogen-bond donors (Lipinski definition) is 2. The molecule has 0 aliphatic rings. The van der Waals surface area contributed by atoms with Gasteiger partial charge in [-0.05, 0) is 49.9 Å². The molecule has 0 aromatic heterocycles. The highest BCUT2D eigenvalue weighted by Gasteiger charge is 2.15. The zero-order valence-electron chi connectivity index (χ0n) is 16.3. The highest BCUT2D eigenvalue weighted by Crippen LogP contribution is 2.21. The lowest BCUT2D eigenvalue weighted by Gasteiger charge is -2.18. The number of nitrogens with two attached hydrogens (primary N) is 1. The summed E-state index contributed by atoms with van der Waals surface area (Å²) in [7, 11) is 1.64. The van der Waals surface area contributed by atoms with Crippen molar-refractivity contribution in [2.24, 2.45) is 0 Å². The third-order valence-electron chi connectivity index (χ3n) is 4.41. The molecule has 2 amide bonds. The van der Waals surface area contributed by atoms with E-state index in [1.165, 1.54) is 4.90 Å². The molecule has 0 atom stereocenters. The highest BCUT2D eigenvalue weighted by atomic mass is 35.5. The standard InChI is InChI=1S/C21H27N3O2.ClH/c1-14-11-15(2)21(16(3)12-14)23-19(25)13-24(4)20(26)10-9-17-7-5-6-8-18(17)22;/h5-8,11-12H,9-10,13,22H2,1-4H3,(H,23,25);1H. The summed E-state index contributed by atoms with van der Waals surface area (Å²) in [5, 5.41) is 2.92. The van der Waals surface area contributed by atoms with Crippen molar-refractivity contribution in [2.45, 2.75) is 33.6 Å². The maximum atomic E-state index is 12.3. The molecule has 146 valence electrons. The second-order valence-corrected chi connectivity index (χ2v) is 6.77. The molecule has 0 fully saturated rings. The smallest absolute Gasteiger partial charge is 0.243 e. The molecule has 5 nitrogen and oxygen atoms in total. The molecule has 27 heavy (non-hydrogen) atoms. The van der Waals surface area contributed by atoms with E-state index in [4.69, 9.17) is 5.73 Å². The summed E-state index contributed by atoms with van der Waals surface area (Å²) in [5.74, 6) is -0.282. The molecule has 3 N–H and O–H groups in total. The molecule has 0 aliphatic carbocycles. The quantitative estimate of drug-likeness (QED) is 0.740. The molecule has 0 spiro atoms. The van der Waals surface area contributed by atoms with E-state index in [2.05, 4.69) is 5.32 Å². The molecule has 0 saturated heterocycles. The molecule has 0 heterocycles.